The zero-order valence-corrected chi connectivity index (χ0v) is 15.6. The summed E-state index contributed by atoms with van der Waals surface area (Å²) in [6.07, 6.45) is 2.51. The first-order chi connectivity index (χ1) is 10.2. The lowest BCUT2D eigenvalue weighted by atomic mass is 9.99. The average molecular weight is 420 g/mol. The van der Waals surface area contributed by atoms with Crippen LogP contribution < -0.4 is 10.6 Å². The van der Waals surface area contributed by atoms with E-state index in [1.807, 2.05) is 6.07 Å². The van der Waals surface area contributed by atoms with E-state index in [9.17, 15) is 4.39 Å². The molecule has 0 aromatic heterocycles. The van der Waals surface area contributed by atoms with Gasteiger partial charge < -0.3 is 15.5 Å². The standard InChI is InChI=1S/C16H25FN4.HI/c1-18-16(19-10-13-6-5-9-21(2)12-13)20-11-14-7-3-4-8-15(14)17;/h3-4,7-8,13H,5-6,9-12H2,1-2H3,(H2,18,19,20);1H. The number of benzene rings is 1. The van der Waals surface area contributed by atoms with E-state index in [1.165, 1.54) is 25.5 Å². The van der Waals surface area contributed by atoms with Crippen LogP contribution in [-0.4, -0.2) is 44.6 Å². The van der Waals surface area contributed by atoms with E-state index in [0.717, 1.165) is 19.0 Å². The predicted molar refractivity (Wildman–Crippen MR) is 100 cm³/mol. The number of hydrogen-bond donors (Lipinski definition) is 2. The van der Waals surface area contributed by atoms with Crippen LogP contribution in [0, 0.1) is 11.7 Å². The molecule has 0 spiro atoms. The van der Waals surface area contributed by atoms with Gasteiger partial charge in [0.25, 0.3) is 0 Å². The number of halogens is 2. The monoisotopic (exact) mass is 420 g/mol. The van der Waals surface area contributed by atoms with E-state index in [4.69, 9.17) is 0 Å². The molecule has 1 saturated heterocycles. The molecule has 1 heterocycles. The van der Waals surface area contributed by atoms with Crippen LogP contribution in [-0.2, 0) is 6.54 Å². The minimum absolute atomic E-state index is 0. The first-order valence-corrected chi connectivity index (χ1v) is 7.55. The van der Waals surface area contributed by atoms with E-state index >= 15 is 0 Å². The molecule has 1 aromatic rings. The van der Waals surface area contributed by atoms with Crippen LogP contribution in [0.4, 0.5) is 4.39 Å². The van der Waals surface area contributed by atoms with Gasteiger partial charge in [-0.15, -0.1) is 24.0 Å². The fourth-order valence-electron chi connectivity index (χ4n) is 2.72. The third-order valence-corrected chi connectivity index (χ3v) is 3.91. The second kappa shape index (κ2) is 9.99. The van der Waals surface area contributed by atoms with Crippen molar-refractivity contribution in [2.24, 2.45) is 10.9 Å². The fourth-order valence-corrected chi connectivity index (χ4v) is 2.72. The van der Waals surface area contributed by atoms with Gasteiger partial charge in [0.1, 0.15) is 5.82 Å². The SMILES string of the molecule is CN=C(NCc1ccccc1F)NCC1CCCN(C)C1.I. The zero-order valence-electron chi connectivity index (χ0n) is 13.3. The Morgan fingerprint density at radius 3 is 2.82 bits per heavy atom. The van der Waals surface area contributed by atoms with Crippen molar-refractivity contribution >= 4 is 29.9 Å². The largest absolute Gasteiger partial charge is 0.356 e. The van der Waals surface area contributed by atoms with E-state index < -0.39 is 0 Å². The molecule has 2 N–H and O–H groups in total. The summed E-state index contributed by atoms with van der Waals surface area (Å²) in [6, 6.07) is 6.80. The van der Waals surface area contributed by atoms with Gasteiger partial charge in [-0.05, 0) is 38.4 Å². The summed E-state index contributed by atoms with van der Waals surface area (Å²) in [5.41, 5.74) is 0.651. The van der Waals surface area contributed by atoms with Crippen molar-refractivity contribution < 1.29 is 4.39 Å². The molecule has 0 radical (unpaired) electrons. The lowest BCUT2D eigenvalue weighted by Crippen LogP contribution is -2.43. The maximum absolute atomic E-state index is 13.6. The van der Waals surface area contributed by atoms with Crippen LogP contribution in [0.3, 0.4) is 0 Å². The third kappa shape index (κ3) is 6.08. The molecular formula is C16H26FIN4. The number of guanidine groups is 1. The van der Waals surface area contributed by atoms with Gasteiger partial charge in [0.05, 0.1) is 0 Å². The van der Waals surface area contributed by atoms with Crippen molar-refractivity contribution in [2.75, 3.05) is 33.7 Å². The highest BCUT2D eigenvalue weighted by Gasteiger charge is 2.17. The maximum atomic E-state index is 13.6. The summed E-state index contributed by atoms with van der Waals surface area (Å²) in [7, 11) is 3.90. The minimum Gasteiger partial charge on any atom is -0.356 e. The molecule has 1 unspecified atom stereocenters. The molecule has 4 nitrogen and oxygen atoms in total. The first kappa shape index (κ1) is 19.2. The van der Waals surface area contributed by atoms with Crippen LogP contribution in [0.1, 0.15) is 18.4 Å². The molecule has 0 bridgehead atoms. The van der Waals surface area contributed by atoms with Gasteiger partial charge >= 0.3 is 0 Å². The number of rotatable bonds is 4. The van der Waals surface area contributed by atoms with Crippen molar-refractivity contribution in [3.63, 3.8) is 0 Å². The molecular weight excluding hydrogens is 394 g/mol. The van der Waals surface area contributed by atoms with E-state index in [0.29, 0.717) is 18.0 Å². The van der Waals surface area contributed by atoms with Crippen molar-refractivity contribution in [1.82, 2.24) is 15.5 Å². The summed E-state index contributed by atoms with van der Waals surface area (Å²) in [5, 5.41) is 6.50. The van der Waals surface area contributed by atoms with Gasteiger partial charge in [-0.1, -0.05) is 18.2 Å². The number of likely N-dealkylation sites (tertiary alicyclic amines) is 1. The summed E-state index contributed by atoms with van der Waals surface area (Å²) >= 11 is 0. The Bertz CT molecular complexity index is 481. The van der Waals surface area contributed by atoms with Crippen LogP contribution in [0.5, 0.6) is 0 Å². The molecule has 2 rings (SSSR count). The third-order valence-electron chi connectivity index (χ3n) is 3.91. The van der Waals surface area contributed by atoms with Crippen molar-refractivity contribution in [1.29, 1.82) is 0 Å². The van der Waals surface area contributed by atoms with Crippen LogP contribution in [0.15, 0.2) is 29.3 Å². The Balaban J connectivity index is 0.00000242. The van der Waals surface area contributed by atoms with Crippen molar-refractivity contribution in [2.45, 2.75) is 19.4 Å². The van der Waals surface area contributed by atoms with Gasteiger partial charge in [0.2, 0.25) is 0 Å². The van der Waals surface area contributed by atoms with Crippen LogP contribution in [0.2, 0.25) is 0 Å². The molecule has 124 valence electrons. The van der Waals surface area contributed by atoms with Gasteiger partial charge in [0, 0.05) is 32.2 Å². The second-order valence-corrected chi connectivity index (χ2v) is 5.67. The van der Waals surface area contributed by atoms with Crippen LogP contribution in [0.25, 0.3) is 0 Å². The highest BCUT2D eigenvalue weighted by Crippen LogP contribution is 2.13. The Kier molecular flexibility index (Phi) is 8.70. The molecule has 1 fully saturated rings. The Morgan fingerprint density at radius 2 is 2.14 bits per heavy atom. The number of nitrogens with zero attached hydrogens (tertiary/aromatic N) is 2. The molecule has 0 amide bonds. The molecule has 1 aromatic carbocycles. The normalized spacial score (nSPS) is 19.4. The molecule has 1 aliphatic heterocycles. The Morgan fingerprint density at radius 1 is 1.36 bits per heavy atom. The lowest BCUT2D eigenvalue weighted by molar-refractivity contribution is 0.210. The molecule has 1 atom stereocenters. The maximum Gasteiger partial charge on any atom is 0.191 e. The number of hydrogen-bond acceptors (Lipinski definition) is 2. The van der Waals surface area contributed by atoms with Gasteiger partial charge in [-0.2, -0.15) is 0 Å². The average Bonchev–Trinajstić information content (AvgIpc) is 2.49. The number of piperidine rings is 1. The fraction of sp³-hybridized carbons (Fsp3) is 0.562. The summed E-state index contributed by atoms with van der Waals surface area (Å²) < 4.78 is 13.6. The Labute approximate surface area is 149 Å². The predicted octanol–water partition coefficient (Wildman–Crippen LogP) is 2.45. The summed E-state index contributed by atoms with van der Waals surface area (Å²) in [6.45, 7) is 3.66. The van der Waals surface area contributed by atoms with Gasteiger partial charge in [-0.25, -0.2) is 4.39 Å². The smallest absolute Gasteiger partial charge is 0.191 e. The first-order valence-electron chi connectivity index (χ1n) is 7.55. The minimum atomic E-state index is -0.186. The van der Waals surface area contributed by atoms with Gasteiger partial charge in [0.15, 0.2) is 5.96 Å². The second-order valence-electron chi connectivity index (χ2n) is 5.67. The summed E-state index contributed by atoms with van der Waals surface area (Å²) in [4.78, 5) is 6.56. The lowest BCUT2D eigenvalue weighted by Gasteiger charge is -2.30. The van der Waals surface area contributed by atoms with Gasteiger partial charge in [-0.3, -0.25) is 4.99 Å². The Hall–Kier alpha value is -0.890. The summed E-state index contributed by atoms with van der Waals surface area (Å²) in [5.74, 6) is 1.19. The van der Waals surface area contributed by atoms with Crippen molar-refractivity contribution in [3.8, 4) is 0 Å². The van der Waals surface area contributed by atoms with Crippen molar-refractivity contribution in [3.05, 3.63) is 35.6 Å². The molecule has 22 heavy (non-hydrogen) atoms. The molecule has 6 heteroatoms. The number of nitrogens with one attached hydrogen (secondary N) is 2. The van der Waals surface area contributed by atoms with E-state index in [2.05, 4.69) is 27.6 Å². The quantitative estimate of drug-likeness (QED) is 0.447. The molecule has 0 saturated carbocycles. The zero-order chi connectivity index (χ0) is 15.1. The highest BCUT2D eigenvalue weighted by molar-refractivity contribution is 14.0. The van der Waals surface area contributed by atoms with Crippen LogP contribution >= 0.6 is 24.0 Å². The topological polar surface area (TPSA) is 39.7 Å². The number of aliphatic imine (C=N–C) groups is 1. The highest BCUT2D eigenvalue weighted by atomic mass is 127. The van der Waals surface area contributed by atoms with E-state index in [1.54, 1.807) is 19.2 Å². The molecule has 0 aliphatic carbocycles. The molecule has 1 aliphatic rings. The van der Waals surface area contributed by atoms with E-state index in [-0.39, 0.29) is 29.8 Å².